The molecule has 0 aromatic carbocycles. The van der Waals surface area contributed by atoms with Gasteiger partial charge in [0.15, 0.2) is 0 Å². The summed E-state index contributed by atoms with van der Waals surface area (Å²) in [5.41, 5.74) is -0.0772. The fraction of sp³-hybridized carbons (Fsp3) is 0.583. The first-order valence-electron chi connectivity index (χ1n) is 6.40. The van der Waals surface area contributed by atoms with E-state index in [0.717, 1.165) is 32.5 Å². The predicted molar refractivity (Wildman–Crippen MR) is 74.8 cm³/mol. The summed E-state index contributed by atoms with van der Waals surface area (Å²) in [6.45, 7) is 4.74. The highest BCUT2D eigenvalue weighted by Crippen LogP contribution is 2.29. The number of aromatic nitrogens is 1. The van der Waals surface area contributed by atoms with Crippen LogP contribution in [0.4, 0.5) is 11.5 Å². The average molecular weight is 285 g/mol. The van der Waals surface area contributed by atoms with Gasteiger partial charge in [0.05, 0.1) is 9.95 Å². The molecule has 6 nitrogen and oxygen atoms in total. The Balaban J connectivity index is 2.24. The van der Waals surface area contributed by atoms with Crippen molar-refractivity contribution in [2.45, 2.75) is 25.8 Å². The maximum atomic E-state index is 10.7. The molecule has 0 aliphatic carbocycles. The molecule has 1 fully saturated rings. The van der Waals surface area contributed by atoms with Crippen molar-refractivity contribution in [1.29, 1.82) is 0 Å². The van der Waals surface area contributed by atoms with E-state index < -0.39 is 4.92 Å². The first kappa shape index (κ1) is 14.0. The second-order valence-corrected chi connectivity index (χ2v) is 4.95. The van der Waals surface area contributed by atoms with Gasteiger partial charge in [0.25, 0.3) is 5.69 Å². The lowest BCUT2D eigenvalue weighted by molar-refractivity contribution is -0.385. The number of nitro groups is 1. The molecule has 2 heterocycles. The van der Waals surface area contributed by atoms with Gasteiger partial charge in [-0.15, -0.1) is 0 Å². The van der Waals surface area contributed by atoms with E-state index in [0.29, 0.717) is 16.9 Å². The standard InChI is InChI=1S/C12H17ClN4O2/c1-2-16(9-4-3-5-14-7-9)12-11(13)6-10(8-15-12)17(18)19/h6,8-9,14H,2-5,7H2,1H3. The molecule has 1 saturated heterocycles. The summed E-state index contributed by atoms with van der Waals surface area (Å²) >= 11 is 6.14. The van der Waals surface area contributed by atoms with Gasteiger partial charge in [0, 0.05) is 25.2 Å². The van der Waals surface area contributed by atoms with E-state index in [1.165, 1.54) is 12.3 Å². The molecule has 1 aliphatic rings. The van der Waals surface area contributed by atoms with Crippen LogP contribution >= 0.6 is 11.6 Å². The Morgan fingerprint density at radius 1 is 1.68 bits per heavy atom. The number of likely N-dealkylation sites (N-methyl/N-ethyl adjacent to an activating group) is 1. The number of pyridine rings is 1. The zero-order valence-corrected chi connectivity index (χ0v) is 11.6. The summed E-state index contributed by atoms with van der Waals surface area (Å²) in [6.07, 6.45) is 3.46. The van der Waals surface area contributed by atoms with Crippen LogP contribution in [0.25, 0.3) is 0 Å². The SMILES string of the molecule is CCN(c1ncc([N+](=O)[O-])cc1Cl)C1CCCNC1. The molecule has 0 amide bonds. The lowest BCUT2D eigenvalue weighted by Crippen LogP contribution is -2.46. The van der Waals surface area contributed by atoms with E-state index in [1.807, 2.05) is 6.92 Å². The van der Waals surface area contributed by atoms with Crippen molar-refractivity contribution in [3.8, 4) is 0 Å². The smallest absolute Gasteiger partial charge is 0.289 e. The van der Waals surface area contributed by atoms with Crippen molar-refractivity contribution in [3.63, 3.8) is 0 Å². The Labute approximate surface area is 116 Å². The fourth-order valence-corrected chi connectivity index (χ4v) is 2.68. The zero-order valence-electron chi connectivity index (χ0n) is 10.8. The van der Waals surface area contributed by atoms with E-state index in [1.54, 1.807) is 0 Å². The normalized spacial score (nSPS) is 19.2. The third-order valence-corrected chi connectivity index (χ3v) is 3.62. The van der Waals surface area contributed by atoms with Crippen molar-refractivity contribution >= 4 is 23.1 Å². The number of hydrogen-bond donors (Lipinski definition) is 1. The Kier molecular flexibility index (Phi) is 4.55. The minimum Gasteiger partial charge on any atom is -0.351 e. The van der Waals surface area contributed by atoms with Gasteiger partial charge in [0.1, 0.15) is 12.0 Å². The van der Waals surface area contributed by atoms with Gasteiger partial charge >= 0.3 is 0 Å². The Bertz CT molecular complexity index is 463. The van der Waals surface area contributed by atoms with Gasteiger partial charge in [-0.05, 0) is 26.3 Å². The Morgan fingerprint density at radius 2 is 2.47 bits per heavy atom. The second kappa shape index (κ2) is 6.16. The van der Waals surface area contributed by atoms with Crippen molar-refractivity contribution in [2.24, 2.45) is 0 Å². The number of hydrogen-bond acceptors (Lipinski definition) is 5. The van der Waals surface area contributed by atoms with Crippen LogP contribution in [0.2, 0.25) is 5.02 Å². The van der Waals surface area contributed by atoms with E-state index >= 15 is 0 Å². The number of nitrogens with one attached hydrogen (secondary N) is 1. The van der Waals surface area contributed by atoms with E-state index in [4.69, 9.17) is 11.6 Å². The van der Waals surface area contributed by atoms with Crippen LogP contribution < -0.4 is 10.2 Å². The third kappa shape index (κ3) is 3.13. The van der Waals surface area contributed by atoms with Gasteiger partial charge < -0.3 is 10.2 Å². The van der Waals surface area contributed by atoms with Crippen LogP contribution in [-0.2, 0) is 0 Å². The number of anilines is 1. The lowest BCUT2D eigenvalue weighted by Gasteiger charge is -2.35. The maximum Gasteiger partial charge on any atom is 0.289 e. The van der Waals surface area contributed by atoms with Gasteiger partial charge in [-0.1, -0.05) is 11.6 Å². The number of rotatable bonds is 4. The fourth-order valence-electron chi connectivity index (χ4n) is 2.41. The molecular weight excluding hydrogens is 268 g/mol. The molecule has 1 aromatic heterocycles. The van der Waals surface area contributed by atoms with Gasteiger partial charge in [0.2, 0.25) is 0 Å². The molecule has 7 heteroatoms. The van der Waals surface area contributed by atoms with Crippen LogP contribution in [0.1, 0.15) is 19.8 Å². The highest BCUT2D eigenvalue weighted by molar-refractivity contribution is 6.33. The summed E-state index contributed by atoms with van der Waals surface area (Å²) in [5, 5.41) is 14.4. The summed E-state index contributed by atoms with van der Waals surface area (Å²) in [7, 11) is 0. The minimum atomic E-state index is -0.485. The molecule has 0 saturated carbocycles. The van der Waals surface area contributed by atoms with Crippen LogP contribution in [0.15, 0.2) is 12.3 Å². The molecule has 1 aromatic rings. The molecular formula is C12H17ClN4O2. The maximum absolute atomic E-state index is 10.7. The number of halogens is 1. The molecule has 19 heavy (non-hydrogen) atoms. The topological polar surface area (TPSA) is 71.3 Å². The predicted octanol–water partition coefficient (Wildman–Crippen LogP) is 2.22. The highest BCUT2D eigenvalue weighted by atomic mass is 35.5. The average Bonchev–Trinajstić information content (AvgIpc) is 2.42. The second-order valence-electron chi connectivity index (χ2n) is 4.54. The van der Waals surface area contributed by atoms with Crippen molar-refractivity contribution in [2.75, 3.05) is 24.5 Å². The van der Waals surface area contributed by atoms with Crippen LogP contribution in [0, 0.1) is 10.1 Å². The minimum absolute atomic E-state index is 0.0772. The Hall–Kier alpha value is -1.40. The summed E-state index contributed by atoms with van der Waals surface area (Å²) < 4.78 is 0. The largest absolute Gasteiger partial charge is 0.351 e. The zero-order chi connectivity index (χ0) is 13.8. The lowest BCUT2D eigenvalue weighted by atomic mass is 10.1. The van der Waals surface area contributed by atoms with Gasteiger partial charge in [-0.25, -0.2) is 4.98 Å². The van der Waals surface area contributed by atoms with Gasteiger partial charge in [-0.2, -0.15) is 0 Å². The quantitative estimate of drug-likeness (QED) is 0.678. The molecule has 0 bridgehead atoms. The molecule has 0 radical (unpaired) electrons. The van der Waals surface area contributed by atoms with Crippen LogP contribution in [-0.4, -0.2) is 35.6 Å². The van der Waals surface area contributed by atoms with E-state index in [-0.39, 0.29) is 5.69 Å². The van der Waals surface area contributed by atoms with Crippen molar-refractivity contribution < 1.29 is 4.92 Å². The first-order valence-corrected chi connectivity index (χ1v) is 6.78. The highest BCUT2D eigenvalue weighted by Gasteiger charge is 2.23. The third-order valence-electron chi connectivity index (χ3n) is 3.34. The molecule has 2 rings (SSSR count). The molecule has 104 valence electrons. The van der Waals surface area contributed by atoms with Crippen LogP contribution in [0.3, 0.4) is 0 Å². The summed E-state index contributed by atoms with van der Waals surface area (Å²) in [5.74, 6) is 0.628. The Morgan fingerprint density at radius 3 is 3.00 bits per heavy atom. The number of nitrogens with zero attached hydrogens (tertiary/aromatic N) is 3. The number of piperidine rings is 1. The van der Waals surface area contributed by atoms with Crippen molar-refractivity contribution in [1.82, 2.24) is 10.3 Å². The van der Waals surface area contributed by atoms with E-state index in [9.17, 15) is 10.1 Å². The van der Waals surface area contributed by atoms with Crippen molar-refractivity contribution in [3.05, 3.63) is 27.4 Å². The first-order chi connectivity index (χ1) is 9.13. The van der Waals surface area contributed by atoms with Gasteiger partial charge in [-0.3, -0.25) is 10.1 Å². The molecule has 1 atom stereocenters. The monoisotopic (exact) mass is 284 g/mol. The van der Waals surface area contributed by atoms with E-state index in [2.05, 4.69) is 15.2 Å². The molecule has 0 spiro atoms. The molecule has 1 N–H and O–H groups in total. The molecule has 1 aliphatic heterocycles. The summed E-state index contributed by atoms with van der Waals surface area (Å²) in [6, 6.07) is 1.70. The summed E-state index contributed by atoms with van der Waals surface area (Å²) in [4.78, 5) is 16.5. The molecule has 1 unspecified atom stereocenters. The van der Waals surface area contributed by atoms with Crippen LogP contribution in [0.5, 0.6) is 0 Å².